The summed E-state index contributed by atoms with van der Waals surface area (Å²) in [7, 11) is -4.16. The summed E-state index contributed by atoms with van der Waals surface area (Å²) in [5, 5.41) is 4.13. The Hall–Kier alpha value is -3.07. The zero-order valence-corrected chi connectivity index (χ0v) is 26.5. The van der Waals surface area contributed by atoms with Crippen molar-refractivity contribution >= 4 is 50.7 Å². The number of amides is 2. The number of halogens is 2. The van der Waals surface area contributed by atoms with Crippen molar-refractivity contribution in [3.05, 3.63) is 93.5 Å². The Labute approximate surface area is 258 Å². The lowest BCUT2D eigenvalue weighted by atomic mass is 10.1. The molecule has 4 rings (SSSR count). The number of hydrogen-bond donors (Lipinski definition) is 1. The molecule has 1 fully saturated rings. The first-order chi connectivity index (χ1) is 20.0. The van der Waals surface area contributed by atoms with Crippen molar-refractivity contribution < 1.29 is 18.0 Å². The van der Waals surface area contributed by atoms with Crippen molar-refractivity contribution in [1.29, 1.82) is 0 Å². The van der Waals surface area contributed by atoms with Crippen molar-refractivity contribution in [2.75, 3.05) is 10.8 Å². The number of rotatable bonds is 11. The zero-order valence-electron chi connectivity index (χ0n) is 24.1. The van der Waals surface area contributed by atoms with Gasteiger partial charge in [-0.15, -0.1) is 0 Å². The summed E-state index contributed by atoms with van der Waals surface area (Å²) < 4.78 is 29.2. The molecular formula is C32H37Cl2N3O4S. The highest BCUT2D eigenvalue weighted by atomic mass is 35.5. The normalized spacial score (nSPS) is 14.4. The van der Waals surface area contributed by atoms with Crippen molar-refractivity contribution in [3.63, 3.8) is 0 Å². The Kier molecular flexibility index (Phi) is 10.6. The molecule has 0 bridgehead atoms. The van der Waals surface area contributed by atoms with E-state index in [9.17, 15) is 18.0 Å². The number of carbonyl (C=O) groups is 2. The average molecular weight is 631 g/mol. The molecule has 0 radical (unpaired) electrons. The van der Waals surface area contributed by atoms with Crippen LogP contribution in [0.4, 0.5) is 5.69 Å². The van der Waals surface area contributed by atoms with Gasteiger partial charge in [-0.05, 0) is 86.7 Å². The van der Waals surface area contributed by atoms with Crippen LogP contribution < -0.4 is 9.62 Å². The quantitative estimate of drug-likeness (QED) is 0.256. The molecule has 0 spiro atoms. The molecule has 10 heteroatoms. The SMILES string of the molecule is CC[C@@H](C(=O)NC1CCCC1)N(Cc1ccc(Cl)cc1)C(=O)CN(c1ccc(Cl)cc1C)S(=O)(=O)c1ccc(C)cc1. The fourth-order valence-electron chi connectivity index (χ4n) is 5.32. The first-order valence-corrected chi connectivity index (χ1v) is 16.4. The summed E-state index contributed by atoms with van der Waals surface area (Å²) in [6.45, 7) is 5.09. The predicted octanol–water partition coefficient (Wildman–Crippen LogP) is 6.67. The fraction of sp³-hybridized carbons (Fsp3) is 0.375. The second kappa shape index (κ2) is 13.9. The van der Waals surface area contributed by atoms with Crippen LogP contribution in [0.3, 0.4) is 0 Å². The van der Waals surface area contributed by atoms with E-state index in [-0.39, 0.29) is 23.4 Å². The summed E-state index contributed by atoms with van der Waals surface area (Å²) in [6, 6.07) is 17.7. The van der Waals surface area contributed by atoms with E-state index in [0.717, 1.165) is 41.1 Å². The molecule has 1 N–H and O–H groups in total. The maximum Gasteiger partial charge on any atom is 0.264 e. The van der Waals surface area contributed by atoms with Gasteiger partial charge in [0.15, 0.2) is 0 Å². The average Bonchev–Trinajstić information content (AvgIpc) is 3.46. The van der Waals surface area contributed by atoms with E-state index in [4.69, 9.17) is 23.2 Å². The third kappa shape index (κ3) is 7.65. The van der Waals surface area contributed by atoms with Crippen LogP contribution in [0.1, 0.15) is 55.7 Å². The van der Waals surface area contributed by atoms with E-state index in [1.807, 2.05) is 13.8 Å². The van der Waals surface area contributed by atoms with Crippen LogP contribution in [0, 0.1) is 13.8 Å². The number of sulfonamides is 1. The molecule has 1 saturated carbocycles. The van der Waals surface area contributed by atoms with E-state index in [2.05, 4.69) is 5.32 Å². The van der Waals surface area contributed by atoms with Crippen molar-refractivity contribution in [2.45, 2.75) is 76.4 Å². The van der Waals surface area contributed by atoms with E-state index < -0.39 is 28.5 Å². The van der Waals surface area contributed by atoms with Gasteiger partial charge in [-0.3, -0.25) is 13.9 Å². The Bertz CT molecular complexity index is 1510. The van der Waals surface area contributed by atoms with Crippen LogP contribution >= 0.6 is 23.2 Å². The molecule has 1 aliphatic rings. The van der Waals surface area contributed by atoms with E-state index >= 15 is 0 Å². The molecule has 0 aromatic heterocycles. The monoisotopic (exact) mass is 629 g/mol. The predicted molar refractivity (Wildman–Crippen MR) is 168 cm³/mol. The number of hydrogen-bond acceptors (Lipinski definition) is 4. The summed E-state index contributed by atoms with van der Waals surface area (Å²) in [6.07, 6.45) is 4.29. The second-order valence-electron chi connectivity index (χ2n) is 10.8. The number of carbonyl (C=O) groups excluding carboxylic acids is 2. The van der Waals surface area contributed by atoms with Gasteiger partial charge in [0.1, 0.15) is 12.6 Å². The van der Waals surface area contributed by atoms with Crippen LogP contribution in [0.5, 0.6) is 0 Å². The molecule has 1 atom stereocenters. The third-order valence-electron chi connectivity index (χ3n) is 7.67. The van der Waals surface area contributed by atoms with E-state index in [1.54, 1.807) is 61.5 Å². The number of nitrogens with zero attached hydrogens (tertiary/aromatic N) is 2. The van der Waals surface area contributed by atoms with Crippen LogP contribution in [0.25, 0.3) is 0 Å². The molecular weight excluding hydrogens is 593 g/mol. The highest BCUT2D eigenvalue weighted by molar-refractivity contribution is 7.92. The Morgan fingerprint density at radius 2 is 1.55 bits per heavy atom. The Balaban J connectivity index is 1.73. The molecule has 3 aromatic rings. The molecule has 1 aliphatic carbocycles. The highest BCUT2D eigenvalue weighted by Crippen LogP contribution is 2.30. The fourth-order valence-corrected chi connectivity index (χ4v) is 7.15. The smallest absolute Gasteiger partial charge is 0.264 e. The molecule has 2 amide bonds. The number of anilines is 1. The summed E-state index contributed by atoms with van der Waals surface area (Å²) in [5.41, 5.74) is 2.62. The molecule has 7 nitrogen and oxygen atoms in total. The minimum Gasteiger partial charge on any atom is -0.352 e. The number of aryl methyl sites for hydroxylation is 2. The van der Waals surface area contributed by atoms with Gasteiger partial charge in [0.25, 0.3) is 10.0 Å². The lowest BCUT2D eigenvalue weighted by molar-refractivity contribution is -0.140. The summed E-state index contributed by atoms with van der Waals surface area (Å²) in [4.78, 5) is 29.3. The number of benzene rings is 3. The standard InChI is InChI=1S/C32H37Cl2N3O4S/c1-4-29(32(39)35-27-7-5-6-8-27)36(20-24-11-13-25(33)14-12-24)31(38)21-37(30-18-15-26(34)19-23(30)3)42(40,41)28-16-9-22(2)10-17-28/h9-19,27,29H,4-8,20-21H2,1-3H3,(H,35,39)/t29-/m0/s1. The topological polar surface area (TPSA) is 86.8 Å². The molecule has 0 aliphatic heterocycles. The lowest BCUT2D eigenvalue weighted by Crippen LogP contribution is -2.53. The van der Waals surface area contributed by atoms with Gasteiger partial charge in [-0.25, -0.2) is 8.42 Å². The van der Waals surface area contributed by atoms with Crippen LogP contribution in [0.2, 0.25) is 10.0 Å². The zero-order chi connectivity index (χ0) is 30.4. The van der Waals surface area contributed by atoms with Gasteiger partial charge >= 0.3 is 0 Å². The summed E-state index contributed by atoms with van der Waals surface area (Å²) >= 11 is 12.3. The molecule has 224 valence electrons. The molecule has 0 saturated heterocycles. The van der Waals surface area contributed by atoms with E-state index in [0.29, 0.717) is 27.7 Å². The van der Waals surface area contributed by atoms with Gasteiger partial charge < -0.3 is 10.2 Å². The van der Waals surface area contributed by atoms with Gasteiger partial charge in [0.05, 0.1) is 10.6 Å². The molecule has 0 heterocycles. The van der Waals surface area contributed by atoms with Crippen LogP contribution in [-0.4, -0.2) is 43.8 Å². The van der Waals surface area contributed by atoms with Crippen molar-refractivity contribution in [2.24, 2.45) is 0 Å². The Morgan fingerprint density at radius 3 is 2.14 bits per heavy atom. The van der Waals surface area contributed by atoms with Crippen molar-refractivity contribution in [3.8, 4) is 0 Å². The van der Waals surface area contributed by atoms with Gasteiger partial charge in [0, 0.05) is 22.6 Å². The molecule has 42 heavy (non-hydrogen) atoms. The third-order valence-corrected chi connectivity index (χ3v) is 9.93. The van der Waals surface area contributed by atoms with Crippen LogP contribution in [0.15, 0.2) is 71.6 Å². The maximum absolute atomic E-state index is 14.2. The van der Waals surface area contributed by atoms with Gasteiger partial charge in [-0.2, -0.15) is 0 Å². The van der Waals surface area contributed by atoms with Gasteiger partial charge in [-0.1, -0.05) is 72.8 Å². The minimum atomic E-state index is -4.16. The minimum absolute atomic E-state index is 0.0607. The van der Waals surface area contributed by atoms with Gasteiger partial charge in [0.2, 0.25) is 11.8 Å². The molecule has 3 aromatic carbocycles. The lowest BCUT2D eigenvalue weighted by Gasteiger charge is -2.34. The molecule has 0 unspecified atom stereocenters. The largest absolute Gasteiger partial charge is 0.352 e. The first-order valence-electron chi connectivity index (χ1n) is 14.2. The highest BCUT2D eigenvalue weighted by Gasteiger charge is 2.35. The number of nitrogens with one attached hydrogen (secondary N) is 1. The van der Waals surface area contributed by atoms with E-state index in [1.165, 1.54) is 17.0 Å². The van der Waals surface area contributed by atoms with Crippen LogP contribution in [-0.2, 0) is 26.2 Å². The van der Waals surface area contributed by atoms with Crippen molar-refractivity contribution in [1.82, 2.24) is 10.2 Å². The Morgan fingerprint density at radius 1 is 0.929 bits per heavy atom. The second-order valence-corrected chi connectivity index (χ2v) is 13.6. The first kappa shape index (κ1) is 31.9. The maximum atomic E-state index is 14.2. The summed E-state index contributed by atoms with van der Waals surface area (Å²) in [5.74, 6) is -0.731.